The molecule has 0 aliphatic carbocycles. The van der Waals surface area contributed by atoms with Gasteiger partial charge in [-0.25, -0.2) is 0 Å². The van der Waals surface area contributed by atoms with Crippen LogP contribution in [0.4, 0.5) is 18.9 Å². The Kier molecular flexibility index (Phi) is 4.49. The van der Waals surface area contributed by atoms with E-state index in [4.69, 9.17) is 0 Å². The predicted molar refractivity (Wildman–Crippen MR) is 72.4 cm³/mol. The number of hydrogen-bond acceptors (Lipinski definition) is 3. The van der Waals surface area contributed by atoms with Crippen LogP contribution in [-0.4, -0.2) is 11.3 Å². The summed E-state index contributed by atoms with van der Waals surface area (Å²) in [6, 6.07) is 7.97. The first-order chi connectivity index (χ1) is 9.44. The summed E-state index contributed by atoms with van der Waals surface area (Å²) in [5, 5.41) is 2.91. The van der Waals surface area contributed by atoms with E-state index in [0.717, 1.165) is 5.56 Å². The van der Waals surface area contributed by atoms with Gasteiger partial charge in [0, 0.05) is 23.4 Å². The summed E-state index contributed by atoms with van der Waals surface area (Å²) < 4.78 is 41.5. The van der Waals surface area contributed by atoms with Crippen LogP contribution in [0.25, 0.3) is 0 Å². The Morgan fingerprint density at radius 2 is 1.85 bits per heavy atom. The number of ether oxygens (including phenoxy) is 1. The molecule has 1 aromatic heterocycles. The third kappa shape index (κ3) is 4.41. The highest BCUT2D eigenvalue weighted by Crippen LogP contribution is 2.33. The molecule has 0 saturated carbocycles. The van der Waals surface area contributed by atoms with Gasteiger partial charge in [-0.05, 0) is 35.9 Å². The van der Waals surface area contributed by atoms with E-state index < -0.39 is 6.36 Å². The maximum absolute atomic E-state index is 12.3. The molecule has 0 bridgehead atoms. The molecule has 0 aliphatic rings. The Hall–Kier alpha value is -1.76. The first-order valence-corrected chi connectivity index (χ1v) is 6.41. The highest BCUT2D eigenvalue weighted by atomic mass is 79.9. The third-order valence-corrected chi connectivity index (χ3v) is 2.89. The van der Waals surface area contributed by atoms with Crippen LogP contribution in [0, 0.1) is 0 Å². The maximum atomic E-state index is 12.3. The van der Waals surface area contributed by atoms with E-state index in [1.807, 2.05) is 0 Å². The standard InChI is InChI=1S/C13H10BrF3N2O/c14-10-1-2-11(12(7-10)20-13(15,16)17)19-8-9-3-5-18-6-4-9/h1-7,19H,8H2. The third-order valence-electron chi connectivity index (χ3n) is 2.40. The van der Waals surface area contributed by atoms with Crippen molar-refractivity contribution >= 4 is 21.6 Å². The number of nitrogens with zero attached hydrogens (tertiary/aromatic N) is 1. The number of hydrogen-bond donors (Lipinski definition) is 1. The Labute approximate surface area is 121 Å². The maximum Gasteiger partial charge on any atom is 0.573 e. The first-order valence-electron chi connectivity index (χ1n) is 5.62. The lowest BCUT2D eigenvalue weighted by molar-refractivity contribution is -0.274. The average Bonchev–Trinajstić information content (AvgIpc) is 2.37. The molecule has 0 saturated heterocycles. The first kappa shape index (κ1) is 14.6. The van der Waals surface area contributed by atoms with Crippen molar-refractivity contribution in [2.45, 2.75) is 12.9 Å². The van der Waals surface area contributed by atoms with Crippen LogP contribution in [-0.2, 0) is 6.54 Å². The van der Waals surface area contributed by atoms with Gasteiger partial charge in [-0.3, -0.25) is 4.98 Å². The molecule has 1 N–H and O–H groups in total. The predicted octanol–water partition coefficient (Wildman–Crippen LogP) is 4.35. The molecule has 1 aromatic carbocycles. The van der Waals surface area contributed by atoms with Crippen LogP contribution in [0.1, 0.15) is 5.56 Å². The van der Waals surface area contributed by atoms with Gasteiger partial charge in [0.05, 0.1) is 5.69 Å². The van der Waals surface area contributed by atoms with Crippen LogP contribution in [0.5, 0.6) is 5.75 Å². The fraction of sp³-hybridized carbons (Fsp3) is 0.154. The summed E-state index contributed by atoms with van der Waals surface area (Å²) in [5.41, 5.74) is 1.17. The zero-order valence-electron chi connectivity index (χ0n) is 10.1. The largest absolute Gasteiger partial charge is 0.573 e. The van der Waals surface area contributed by atoms with Crippen LogP contribution in [0.3, 0.4) is 0 Å². The molecule has 0 fully saturated rings. The lowest BCUT2D eigenvalue weighted by Gasteiger charge is -2.15. The van der Waals surface area contributed by atoms with Crippen molar-refractivity contribution in [3.63, 3.8) is 0 Å². The van der Waals surface area contributed by atoms with E-state index in [9.17, 15) is 13.2 Å². The molecule has 106 valence electrons. The van der Waals surface area contributed by atoms with E-state index in [2.05, 4.69) is 31.0 Å². The second kappa shape index (κ2) is 6.13. The number of alkyl halides is 3. The Bertz CT molecular complexity index is 576. The van der Waals surface area contributed by atoms with Crippen molar-refractivity contribution in [2.24, 2.45) is 0 Å². The van der Waals surface area contributed by atoms with Crippen molar-refractivity contribution < 1.29 is 17.9 Å². The minimum absolute atomic E-state index is 0.266. The number of benzene rings is 1. The normalized spacial score (nSPS) is 11.2. The number of anilines is 1. The van der Waals surface area contributed by atoms with E-state index in [1.54, 1.807) is 30.6 Å². The van der Waals surface area contributed by atoms with Crippen LogP contribution in [0.2, 0.25) is 0 Å². The van der Waals surface area contributed by atoms with Crippen LogP contribution >= 0.6 is 15.9 Å². The smallest absolute Gasteiger partial charge is 0.404 e. The molecular weight excluding hydrogens is 337 g/mol. The van der Waals surface area contributed by atoms with Gasteiger partial charge >= 0.3 is 6.36 Å². The molecule has 0 radical (unpaired) electrons. The number of nitrogens with one attached hydrogen (secondary N) is 1. The summed E-state index contributed by atoms with van der Waals surface area (Å²) >= 11 is 3.12. The topological polar surface area (TPSA) is 34.1 Å². The summed E-state index contributed by atoms with van der Waals surface area (Å²) in [5.74, 6) is -0.277. The minimum Gasteiger partial charge on any atom is -0.404 e. The van der Waals surface area contributed by atoms with Crippen molar-refractivity contribution in [1.29, 1.82) is 0 Å². The molecule has 0 unspecified atom stereocenters. The molecule has 0 spiro atoms. The fourth-order valence-corrected chi connectivity index (χ4v) is 1.89. The van der Waals surface area contributed by atoms with Crippen molar-refractivity contribution in [3.05, 3.63) is 52.8 Å². The molecule has 1 heterocycles. The summed E-state index contributed by atoms with van der Waals surface area (Å²) in [4.78, 5) is 3.87. The Morgan fingerprint density at radius 3 is 2.50 bits per heavy atom. The van der Waals surface area contributed by atoms with Crippen molar-refractivity contribution in [3.8, 4) is 5.75 Å². The van der Waals surface area contributed by atoms with Crippen LogP contribution < -0.4 is 10.1 Å². The van der Waals surface area contributed by atoms with Gasteiger partial charge in [0.1, 0.15) is 0 Å². The van der Waals surface area contributed by atoms with Gasteiger partial charge in [-0.2, -0.15) is 0 Å². The molecule has 2 aromatic rings. The van der Waals surface area contributed by atoms with E-state index in [1.165, 1.54) is 12.1 Å². The molecule has 3 nitrogen and oxygen atoms in total. The van der Waals surface area contributed by atoms with E-state index in [0.29, 0.717) is 11.0 Å². The van der Waals surface area contributed by atoms with Crippen LogP contribution in [0.15, 0.2) is 47.2 Å². The SMILES string of the molecule is FC(F)(F)Oc1cc(Br)ccc1NCc1ccncc1. The van der Waals surface area contributed by atoms with Gasteiger partial charge in [0.2, 0.25) is 0 Å². The Balaban J connectivity index is 2.14. The minimum atomic E-state index is -4.73. The molecule has 0 atom stereocenters. The van der Waals surface area contributed by atoms with E-state index >= 15 is 0 Å². The lowest BCUT2D eigenvalue weighted by atomic mass is 10.2. The molecule has 20 heavy (non-hydrogen) atoms. The highest BCUT2D eigenvalue weighted by Gasteiger charge is 2.32. The second-order valence-corrected chi connectivity index (χ2v) is 4.81. The van der Waals surface area contributed by atoms with E-state index in [-0.39, 0.29) is 11.4 Å². The zero-order valence-corrected chi connectivity index (χ0v) is 11.7. The number of rotatable bonds is 4. The Morgan fingerprint density at radius 1 is 1.15 bits per heavy atom. The summed E-state index contributed by atoms with van der Waals surface area (Å²) in [6.07, 6.45) is -1.49. The van der Waals surface area contributed by atoms with Crippen molar-refractivity contribution in [1.82, 2.24) is 4.98 Å². The van der Waals surface area contributed by atoms with Gasteiger partial charge in [0.15, 0.2) is 5.75 Å². The van der Waals surface area contributed by atoms with Gasteiger partial charge in [0.25, 0.3) is 0 Å². The summed E-state index contributed by atoms with van der Waals surface area (Å²) in [7, 11) is 0. The lowest BCUT2D eigenvalue weighted by Crippen LogP contribution is -2.18. The van der Waals surface area contributed by atoms with Gasteiger partial charge < -0.3 is 10.1 Å². The number of halogens is 4. The fourth-order valence-electron chi connectivity index (χ4n) is 1.55. The highest BCUT2D eigenvalue weighted by molar-refractivity contribution is 9.10. The number of aromatic nitrogens is 1. The van der Waals surface area contributed by atoms with Gasteiger partial charge in [-0.1, -0.05) is 15.9 Å². The monoisotopic (exact) mass is 346 g/mol. The quantitative estimate of drug-likeness (QED) is 0.893. The second-order valence-electron chi connectivity index (χ2n) is 3.90. The molecule has 2 rings (SSSR count). The number of pyridine rings is 1. The molecule has 0 amide bonds. The molecule has 7 heteroatoms. The molecule has 0 aliphatic heterocycles. The summed E-state index contributed by atoms with van der Waals surface area (Å²) in [6.45, 7) is 0.373. The van der Waals surface area contributed by atoms with Gasteiger partial charge in [-0.15, -0.1) is 13.2 Å². The van der Waals surface area contributed by atoms with Crippen molar-refractivity contribution in [2.75, 3.05) is 5.32 Å². The average molecular weight is 347 g/mol. The zero-order chi connectivity index (χ0) is 14.6. The molecular formula is C13H10BrF3N2O.